The summed E-state index contributed by atoms with van der Waals surface area (Å²) in [5.74, 6) is -5.47. The van der Waals surface area contributed by atoms with E-state index in [1.165, 1.54) is 6.07 Å². The molecule has 2 aromatic carbocycles. The summed E-state index contributed by atoms with van der Waals surface area (Å²) in [5.41, 5.74) is -2.90. The van der Waals surface area contributed by atoms with Gasteiger partial charge in [0.2, 0.25) is 5.78 Å². The summed E-state index contributed by atoms with van der Waals surface area (Å²) >= 11 is 0. The smallest absolute Gasteiger partial charge is 0.209 e. The van der Waals surface area contributed by atoms with Gasteiger partial charge in [-0.3, -0.25) is 19.2 Å². The summed E-state index contributed by atoms with van der Waals surface area (Å²) in [5, 5.41) is 46.1. The van der Waals surface area contributed by atoms with Crippen LogP contribution in [0.2, 0.25) is 0 Å². The molecule has 4 atom stereocenters. The lowest BCUT2D eigenvalue weighted by Gasteiger charge is -2.59. The van der Waals surface area contributed by atoms with Crippen molar-refractivity contribution < 1.29 is 39.6 Å². The molecule has 0 spiro atoms. The Morgan fingerprint density at radius 2 is 1.76 bits per heavy atom. The van der Waals surface area contributed by atoms with Crippen LogP contribution >= 0.6 is 0 Å². The van der Waals surface area contributed by atoms with E-state index in [2.05, 4.69) is 0 Å². The van der Waals surface area contributed by atoms with Crippen molar-refractivity contribution in [3.05, 3.63) is 75.3 Å². The van der Waals surface area contributed by atoms with Crippen molar-refractivity contribution in [1.29, 1.82) is 0 Å². The highest BCUT2D eigenvalue weighted by molar-refractivity contribution is 6.25. The van der Waals surface area contributed by atoms with Crippen LogP contribution in [0.1, 0.15) is 79.8 Å². The molecule has 0 fully saturated rings. The number of benzene rings is 2. The van der Waals surface area contributed by atoms with Crippen LogP contribution in [-0.2, 0) is 22.4 Å². The van der Waals surface area contributed by atoms with Gasteiger partial charge in [0.1, 0.15) is 29.1 Å². The lowest BCUT2D eigenvalue weighted by molar-refractivity contribution is -0.171. The lowest BCUT2D eigenvalue weighted by Crippen LogP contribution is -2.67. The van der Waals surface area contributed by atoms with Gasteiger partial charge in [0, 0.05) is 27.9 Å². The molecule has 2 aromatic rings. The number of rotatable bonds is 5. The van der Waals surface area contributed by atoms with Crippen LogP contribution in [0.5, 0.6) is 5.75 Å². The number of hydrogen-bond acceptors (Lipinski definition) is 8. The molecule has 1 unspecified atom stereocenters. The van der Waals surface area contributed by atoms with Crippen molar-refractivity contribution in [1.82, 2.24) is 0 Å². The van der Waals surface area contributed by atoms with Gasteiger partial charge in [-0.05, 0) is 66.5 Å². The number of hydrogen-bond donors (Lipinski definition) is 4. The second-order valence-electron chi connectivity index (χ2n) is 12.8. The highest BCUT2D eigenvalue weighted by Gasteiger charge is 2.71. The average molecular weight is 573 g/mol. The van der Waals surface area contributed by atoms with Crippen molar-refractivity contribution in [3.8, 4) is 16.9 Å². The minimum atomic E-state index is -2.65. The van der Waals surface area contributed by atoms with Crippen LogP contribution < -0.4 is 0 Å². The third kappa shape index (κ3) is 3.63. The zero-order valence-electron chi connectivity index (χ0n) is 24.7. The van der Waals surface area contributed by atoms with E-state index in [1.54, 1.807) is 39.8 Å². The molecule has 3 aliphatic carbocycles. The molecule has 0 aliphatic heterocycles. The molecular formula is C34H36O8. The standard InChI is InChI=1S/C34H36O8/c1-7-18-8-9-19(12-20(18)14-35)21-10-11-23(37)25-22(21)13-32(5)15-33(6)26(16(2)3)28(38)24(17(4)36)30(40)34(33,42)31(41)27(32)29(25)39/h8-12,14,16,26,37-38,41-42H,7,13,15H2,1-6H3/t26?,32-,33-,34+/m1/s1. The van der Waals surface area contributed by atoms with E-state index in [0.717, 1.165) is 18.8 Å². The molecule has 220 valence electrons. The quantitative estimate of drug-likeness (QED) is 0.275. The molecule has 0 saturated carbocycles. The number of aliphatic hydroxyl groups is 3. The van der Waals surface area contributed by atoms with Gasteiger partial charge in [0.25, 0.3) is 0 Å². The SMILES string of the molecule is CCc1ccc(-c2ccc(O)c3c2C[C@]2(C)C[C@]4(C)C(C(C)C)C(O)=C(C(C)=O)C(=O)[C@]4(O)C(O)=C2C3=O)cc1C=O. The van der Waals surface area contributed by atoms with Gasteiger partial charge in [-0.2, -0.15) is 0 Å². The zero-order chi connectivity index (χ0) is 31.1. The number of allylic oxidation sites excluding steroid dienone is 2. The van der Waals surface area contributed by atoms with Crippen molar-refractivity contribution in [2.75, 3.05) is 0 Å². The first-order valence-corrected chi connectivity index (χ1v) is 14.2. The molecule has 0 heterocycles. The van der Waals surface area contributed by atoms with Crippen LogP contribution in [0.15, 0.2) is 53.0 Å². The first-order chi connectivity index (χ1) is 19.6. The fourth-order valence-electron chi connectivity index (χ4n) is 8.20. The molecule has 3 aliphatic rings. The number of carbonyl (C=O) groups is 4. The van der Waals surface area contributed by atoms with Crippen LogP contribution in [-0.4, -0.2) is 49.7 Å². The highest BCUT2D eigenvalue weighted by atomic mass is 16.3. The third-order valence-corrected chi connectivity index (χ3v) is 9.86. The minimum Gasteiger partial charge on any atom is -0.511 e. The Hall–Kier alpha value is -4.04. The van der Waals surface area contributed by atoms with E-state index in [-0.39, 0.29) is 35.6 Å². The van der Waals surface area contributed by atoms with E-state index >= 15 is 0 Å². The Labute approximate surface area is 244 Å². The van der Waals surface area contributed by atoms with Crippen LogP contribution in [0.3, 0.4) is 0 Å². The van der Waals surface area contributed by atoms with Gasteiger partial charge in [-0.1, -0.05) is 52.8 Å². The Balaban J connectivity index is 1.80. The fraction of sp³-hybridized carbons (Fsp3) is 0.412. The molecule has 42 heavy (non-hydrogen) atoms. The molecule has 8 heteroatoms. The van der Waals surface area contributed by atoms with E-state index in [4.69, 9.17) is 0 Å². The topological polar surface area (TPSA) is 149 Å². The number of phenolic OH excluding ortho intramolecular Hbond substituents is 1. The summed E-state index contributed by atoms with van der Waals surface area (Å²) in [7, 11) is 0. The Kier molecular flexibility index (Phi) is 6.66. The molecule has 0 radical (unpaired) electrons. The number of carbonyl (C=O) groups excluding carboxylic acids is 4. The molecule has 0 aromatic heterocycles. The number of aryl methyl sites for hydroxylation is 1. The van der Waals surface area contributed by atoms with Crippen LogP contribution in [0.25, 0.3) is 11.1 Å². The number of Topliss-reactive ketones (excluding diaryl/α,β-unsaturated/α-hetero) is 3. The van der Waals surface area contributed by atoms with Crippen LogP contribution in [0.4, 0.5) is 0 Å². The Morgan fingerprint density at radius 3 is 2.33 bits per heavy atom. The van der Waals surface area contributed by atoms with E-state index < -0.39 is 56.8 Å². The number of phenols is 1. The number of aliphatic hydroxyl groups excluding tert-OH is 2. The highest BCUT2D eigenvalue weighted by Crippen LogP contribution is 2.65. The monoisotopic (exact) mass is 572 g/mol. The summed E-state index contributed by atoms with van der Waals surface area (Å²) in [6.07, 6.45) is 1.60. The van der Waals surface area contributed by atoms with Crippen LogP contribution in [0, 0.1) is 22.7 Å². The van der Waals surface area contributed by atoms with E-state index in [9.17, 15) is 39.6 Å². The molecule has 4 N–H and O–H groups in total. The summed E-state index contributed by atoms with van der Waals surface area (Å²) in [4.78, 5) is 52.4. The molecule has 8 nitrogen and oxygen atoms in total. The number of aldehydes is 1. The van der Waals surface area contributed by atoms with Gasteiger partial charge in [0.05, 0.1) is 5.56 Å². The zero-order valence-corrected chi connectivity index (χ0v) is 24.7. The van der Waals surface area contributed by atoms with E-state index in [0.29, 0.717) is 28.7 Å². The second-order valence-corrected chi connectivity index (χ2v) is 12.8. The molecule has 0 bridgehead atoms. The van der Waals surface area contributed by atoms with Crippen molar-refractivity contribution in [2.24, 2.45) is 22.7 Å². The predicted molar refractivity (Wildman–Crippen MR) is 155 cm³/mol. The lowest BCUT2D eigenvalue weighted by atomic mass is 9.44. The van der Waals surface area contributed by atoms with Gasteiger partial charge in [-0.15, -0.1) is 0 Å². The molecule has 0 saturated heterocycles. The van der Waals surface area contributed by atoms with Gasteiger partial charge in [-0.25, -0.2) is 0 Å². The largest absolute Gasteiger partial charge is 0.511 e. The second kappa shape index (κ2) is 9.49. The number of fused-ring (bicyclic) bond motifs is 3. The summed E-state index contributed by atoms with van der Waals surface area (Å²) in [6.45, 7) is 10.0. The minimum absolute atomic E-state index is 0.00829. The molecule has 0 amide bonds. The maximum Gasteiger partial charge on any atom is 0.209 e. The summed E-state index contributed by atoms with van der Waals surface area (Å²) in [6, 6.07) is 8.51. The maximum absolute atomic E-state index is 14.2. The van der Waals surface area contributed by atoms with Crippen molar-refractivity contribution >= 4 is 23.6 Å². The first kappa shape index (κ1) is 29.5. The summed E-state index contributed by atoms with van der Waals surface area (Å²) < 4.78 is 0. The van der Waals surface area contributed by atoms with Crippen molar-refractivity contribution in [2.45, 2.75) is 66.4 Å². The molecular weight excluding hydrogens is 536 g/mol. The average Bonchev–Trinajstić information content (AvgIpc) is 2.90. The Bertz CT molecular complexity index is 1660. The molecule has 5 rings (SSSR count). The van der Waals surface area contributed by atoms with Gasteiger partial charge < -0.3 is 20.4 Å². The number of aromatic hydroxyl groups is 1. The number of ketones is 3. The van der Waals surface area contributed by atoms with Gasteiger partial charge in [0.15, 0.2) is 17.2 Å². The normalized spacial score (nSPS) is 28.9. The van der Waals surface area contributed by atoms with Crippen molar-refractivity contribution in [3.63, 3.8) is 0 Å². The van der Waals surface area contributed by atoms with Gasteiger partial charge >= 0.3 is 0 Å². The predicted octanol–water partition coefficient (Wildman–Crippen LogP) is 5.39. The van der Waals surface area contributed by atoms with E-state index in [1.807, 2.05) is 19.1 Å². The third-order valence-electron chi connectivity index (χ3n) is 9.86. The maximum atomic E-state index is 14.2. The Morgan fingerprint density at radius 1 is 1.10 bits per heavy atom. The first-order valence-electron chi connectivity index (χ1n) is 14.2. The fourth-order valence-corrected chi connectivity index (χ4v) is 8.20.